The van der Waals surface area contributed by atoms with Crippen LogP contribution in [0.15, 0.2) is 0 Å². The number of halogens is 3. The van der Waals surface area contributed by atoms with Crippen LogP contribution in [0.3, 0.4) is 0 Å². The number of nitrogens with zero attached hydrogens (tertiary/aromatic N) is 1. The number of hydrogen-bond acceptors (Lipinski definition) is 3. The number of unbranched alkanes of at least 4 members (excludes halogenated alkanes) is 1. The summed E-state index contributed by atoms with van der Waals surface area (Å²) in [6, 6.07) is 0. The van der Waals surface area contributed by atoms with E-state index in [2.05, 4.69) is 5.32 Å². The lowest BCUT2D eigenvalue weighted by Crippen LogP contribution is -2.37. The molecular formula is C11H18F3N3O2. The molecule has 19 heavy (non-hydrogen) atoms. The molecule has 5 nitrogen and oxygen atoms in total. The van der Waals surface area contributed by atoms with E-state index in [0.29, 0.717) is 18.0 Å². The Morgan fingerprint density at radius 2 is 2.11 bits per heavy atom. The predicted molar refractivity (Wildman–Crippen MR) is 62.0 cm³/mol. The van der Waals surface area contributed by atoms with Crippen molar-refractivity contribution in [1.82, 2.24) is 10.2 Å². The molecule has 1 unspecified atom stereocenters. The molecule has 3 N–H and O–H groups in total. The van der Waals surface area contributed by atoms with Gasteiger partial charge in [-0.2, -0.15) is 13.2 Å². The van der Waals surface area contributed by atoms with Crippen LogP contribution < -0.4 is 11.1 Å². The third kappa shape index (κ3) is 5.46. The second-order valence-electron chi connectivity index (χ2n) is 4.58. The van der Waals surface area contributed by atoms with Gasteiger partial charge in [0.15, 0.2) is 0 Å². The molecule has 1 fully saturated rings. The van der Waals surface area contributed by atoms with E-state index in [1.165, 1.54) is 0 Å². The first-order valence-corrected chi connectivity index (χ1v) is 6.16. The molecular weight excluding hydrogens is 263 g/mol. The van der Waals surface area contributed by atoms with Crippen molar-refractivity contribution in [2.75, 3.05) is 26.2 Å². The number of alkyl halides is 3. The summed E-state index contributed by atoms with van der Waals surface area (Å²) in [4.78, 5) is 23.7. The highest BCUT2D eigenvalue weighted by Crippen LogP contribution is 2.23. The van der Waals surface area contributed by atoms with Crippen LogP contribution in [0.2, 0.25) is 0 Å². The molecule has 110 valence electrons. The molecule has 0 bridgehead atoms. The van der Waals surface area contributed by atoms with Crippen LogP contribution in [0.4, 0.5) is 13.2 Å². The summed E-state index contributed by atoms with van der Waals surface area (Å²) in [7, 11) is 0. The van der Waals surface area contributed by atoms with Gasteiger partial charge < -0.3 is 16.0 Å². The van der Waals surface area contributed by atoms with Crippen molar-refractivity contribution in [3.05, 3.63) is 0 Å². The van der Waals surface area contributed by atoms with Gasteiger partial charge in [0.1, 0.15) is 6.54 Å². The van der Waals surface area contributed by atoms with E-state index in [1.807, 2.05) is 0 Å². The van der Waals surface area contributed by atoms with Gasteiger partial charge in [-0.15, -0.1) is 0 Å². The van der Waals surface area contributed by atoms with Gasteiger partial charge in [-0.3, -0.25) is 9.59 Å². The van der Waals surface area contributed by atoms with Crippen molar-refractivity contribution < 1.29 is 22.8 Å². The van der Waals surface area contributed by atoms with Gasteiger partial charge in [0.2, 0.25) is 11.8 Å². The maximum Gasteiger partial charge on any atom is 0.406 e. The second kappa shape index (κ2) is 6.74. The molecule has 1 aliphatic rings. The van der Waals surface area contributed by atoms with E-state index < -0.39 is 24.5 Å². The summed E-state index contributed by atoms with van der Waals surface area (Å²) in [5.74, 6) is -1.68. The highest BCUT2D eigenvalue weighted by molar-refractivity contribution is 5.89. The fraction of sp³-hybridized carbons (Fsp3) is 0.818. The van der Waals surface area contributed by atoms with Crippen molar-refractivity contribution in [2.24, 2.45) is 11.7 Å². The summed E-state index contributed by atoms with van der Waals surface area (Å²) in [6.07, 6.45) is -3.10. The summed E-state index contributed by atoms with van der Waals surface area (Å²) in [5, 5.41) is 2.61. The normalized spacial score (nSPS) is 19.9. The Hall–Kier alpha value is -1.31. The van der Waals surface area contributed by atoms with Crippen molar-refractivity contribution in [1.29, 1.82) is 0 Å². The van der Waals surface area contributed by atoms with E-state index in [4.69, 9.17) is 5.73 Å². The van der Waals surface area contributed by atoms with Crippen LogP contribution in [0.5, 0.6) is 0 Å². The van der Waals surface area contributed by atoms with E-state index in [1.54, 1.807) is 0 Å². The van der Waals surface area contributed by atoms with Gasteiger partial charge in [-0.05, 0) is 19.4 Å². The predicted octanol–water partition coefficient (Wildman–Crippen LogP) is 0.252. The van der Waals surface area contributed by atoms with Gasteiger partial charge in [0, 0.05) is 19.5 Å². The molecule has 0 aromatic rings. The van der Waals surface area contributed by atoms with Crippen LogP contribution in [0, 0.1) is 5.92 Å². The van der Waals surface area contributed by atoms with Crippen LogP contribution >= 0.6 is 0 Å². The number of hydrogen-bond donors (Lipinski definition) is 2. The third-order valence-electron chi connectivity index (χ3n) is 2.89. The molecule has 0 saturated carbocycles. The summed E-state index contributed by atoms with van der Waals surface area (Å²) >= 11 is 0. The molecule has 0 aromatic carbocycles. The maximum atomic E-state index is 12.2. The first kappa shape index (κ1) is 15.7. The topological polar surface area (TPSA) is 75.4 Å². The summed E-state index contributed by atoms with van der Waals surface area (Å²) < 4.78 is 36.6. The number of rotatable bonds is 6. The van der Waals surface area contributed by atoms with Gasteiger partial charge in [-0.25, -0.2) is 0 Å². The SMILES string of the molecule is NCCCCNC(=O)C1CC(=O)N(CC(F)(F)F)C1. The number of carbonyl (C=O) groups is 2. The van der Waals surface area contributed by atoms with Crippen molar-refractivity contribution in [2.45, 2.75) is 25.4 Å². The Kier molecular flexibility index (Phi) is 5.59. The number of nitrogens with two attached hydrogens (primary N) is 1. The Balaban J connectivity index is 2.37. The first-order chi connectivity index (χ1) is 8.83. The molecule has 0 spiro atoms. The Labute approximate surface area is 109 Å². The van der Waals surface area contributed by atoms with Crippen LogP contribution in [0.25, 0.3) is 0 Å². The zero-order chi connectivity index (χ0) is 14.5. The number of likely N-dealkylation sites (tertiary alicyclic amines) is 1. The van der Waals surface area contributed by atoms with E-state index in [-0.39, 0.29) is 18.9 Å². The molecule has 0 radical (unpaired) electrons. The lowest BCUT2D eigenvalue weighted by molar-refractivity contribution is -0.157. The average molecular weight is 281 g/mol. The van der Waals surface area contributed by atoms with E-state index in [9.17, 15) is 22.8 Å². The van der Waals surface area contributed by atoms with Gasteiger partial charge >= 0.3 is 6.18 Å². The highest BCUT2D eigenvalue weighted by atomic mass is 19.4. The zero-order valence-corrected chi connectivity index (χ0v) is 10.5. The third-order valence-corrected chi connectivity index (χ3v) is 2.89. The van der Waals surface area contributed by atoms with Crippen molar-refractivity contribution in [3.63, 3.8) is 0 Å². The fourth-order valence-electron chi connectivity index (χ4n) is 1.94. The minimum Gasteiger partial charge on any atom is -0.356 e. The first-order valence-electron chi connectivity index (χ1n) is 6.16. The summed E-state index contributed by atoms with van der Waals surface area (Å²) in [5.41, 5.74) is 5.29. The summed E-state index contributed by atoms with van der Waals surface area (Å²) in [6.45, 7) is -0.499. The van der Waals surface area contributed by atoms with Crippen molar-refractivity contribution >= 4 is 11.8 Å². The smallest absolute Gasteiger partial charge is 0.356 e. The number of nitrogens with one attached hydrogen (secondary N) is 1. The molecule has 8 heteroatoms. The average Bonchev–Trinajstić information content (AvgIpc) is 2.64. The van der Waals surface area contributed by atoms with Crippen LogP contribution in [-0.2, 0) is 9.59 Å². The van der Waals surface area contributed by atoms with Crippen LogP contribution in [-0.4, -0.2) is 49.1 Å². The van der Waals surface area contributed by atoms with Gasteiger partial charge in [-0.1, -0.05) is 0 Å². The largest absolute Gasteiger partial charge is 0.406 e. The molecule has 1 heterocycles. The lowest BCUT2D eigenvalue weighted by atomic mass is 10.1. The van der Waals surface area contributed by atoms with Crippen molar-refractivity contribution in [3.8, 4) is 0 Å². The molecule has 0 aromatic heterocycles. The Bertz CT molecular complexity index is 334. The van der Waals surface area contributed by atoms with Gasteiger partial charge in [0.25, 0.3) is 0 Å². The molecule has 2 amide bonds. The molecule has 1 saturated heterocycles. The minimum absolute atomic E-state index is 0.154. The standard InChI is InChI=1S/C11H18F3N3O2/c12-11(13,14)7-17-6-8(5-9(17)18)10(19)16-4-2-1-3-15/h8H,1-7,15H2,(H,16,19). The second-order valence-corrected chi connectivity index (χ2v) is 4.58. The molecule has 1 aliphatic heterocycles. The quantitative estimate of drug-likeness (QED) is 0.685. The maximum absolute atomic E-state index is 12.2. The molecule has 1 rings (SSSR count). The Morgan fingerprint density at radius 3 is 2.68 bits per heavy atom. The fourth-order valence-corrected chi connectivity index (χ4v) is 1.94. The lowest BCUT2D eigenvalue weighted by Gasteiger charge is -2.18. The Morgan fingerprint density at radius 1 is 1.42 bits per heavy atom. The zero-order valence-electron chi connectivity index (χ0n) is 10.5. The number of carbonyl (C=O) groups excluding carboxylic acids is 2. The monoisotopic (exact) mass is 281 g/mol. The van der Waals surface area contributed by atoms with Crippen LogP contribution in [0.1, 0.15) is 19.3 Å². The molecule has 0 aliphatic carbocycles. The minimum atomic E-state index is -4.43. The van der Waals surface area contributed by atoms with E-state index in [0.717, 1.165) is 12.8 Å². The van der Waals surface area contributed by atoms with Gasteiger partial charge in [0.05, 0.1) is 5.92 Å². The van der Waals surface area contributed by atoms with E-state index >= 15 is 0 Å². The number of amides is 2. The highest BCUT2D eigenvalue weighted by Gasteiger charge is 2.40. The molecule has 1 atom stereocenters.